The fourth-order valence-corrected chi connectivity index (χ4v) is 1.94. The van der Waals surface area contributed by atoms with Crippen LogP contribution in [0.25, 0.3) is 11.8 Å². The average molecular weight is 200 g/mol. The molecule has 0 saturated carbocycles. The van der Waals surface area contributed by atoms with Gasteiger partial charge in [0.1, 0.15) is 0 Å². The second-order valence-electron chi connectivity index (χ2n) is 3.71. The number of rotatable bonds is 3. The number of fused-ring (bicyclic) bond motifs is 1. The maximum absolute atomic E-state index is 6.05. The average Bonchev–Trinajstić information content (AvgIpc) is 2.26. The first kappa shape index (κ1) is 9.84. The first-order valence-electron chi connectivity index (χ1n) is 5.25. The van der Waals surface area contributed by atoms with Gasteiger partial charge in [-0.3, -0.25) is 0 Å². The van der Waals surface area contributed by atoms with Crippen LogP contribution in [-0.4, -0.2) is 6.54 Å². The van der Waals surface area contributed by atoms with Gasteiger partial charge in [0.15, 0.2) is 0 Å². The van der Waals surface area contributed by atoms with E-state index in [1.165, 1.54) is 10.4 Å². The lowest BCUT2D eigenvalue weighted by molar-refractivity contribution is 1.05. The van der Waals surface area contributed by atoms with Gasteiger partial charge in [0.25, 0.3) is 0 Å². The Morgan fingerprint density at radius 2 is 2.33 bits per heavy atom. The zero-order valence-electron chi connectivity index (χ0n) is 8.79. The fraction of sp³-hybridized carbons (Fsp3) is 0.231. The van der Waals surface area contributed by atoms with Crippen molar-refractivity contribution in [3.8, 4) is 0 Å². The Morgan fingerprint density at radius 3 is 3.13 bits per heavy atom. The molecule has 2 rings (SSSR count). The van der Waals surface area contributed by atoms with E-state index in [1.54, 1.807) is 0 Å². The molecule has 0 fully saturated rings. The predicted molar refractivity (Wildman–Crippen MR) is 65.7 cm³/mol. The SMILES string of the molecule is C=CCNc1cccc2c1=C(N)CCC=2. The Morgan fingerprint density at radius 1 is 1.47 bits per heavy atom. The molecule has 1 aliphatic rings. The van der Waals surface area contributed by atoms with Crippen LogP contribution in [0.1, 0.15) is 12.8 Å². The normalized spacial score (nSPS) is 14.0. The summed E-state index contributed by atoms with van der Waals surface area (Å²) in [5.41, 5.74) is 8.15. The zero-order chi connectivity index (χ0) is 10.7. The van der Waals surface area contributed by atoms with Crippen LogP contribution in [0, 0.1) is 0 Å². The van der Waals surface area contributed by atoms with Gasteiger partial charge in [0, 0.05) is 23.1 Å². The molecule has 0 spiro atoms. The molecule has 15 heavy (non-hydrogen) atoms. The molecule has 0 aliphatic heterocycles. The maximum Gasteiger partial charge on any atom is 0.0439 e. The fourth-order valence-electron chi connectivity index (χ4n) is 1.94. The lowest BCUT2D eigenvalue weighted by Gasteiger charge is -2.11. The second-order valence-corrected chi connectivity index (χ2v) is 3.71. The minimum Gasteiger partial charge on any atom is -0.401 e. The molecule has 0 aromatic heterocycles. The number of nitrogens with one attached hydrogen (secondary N) is 1. The quantitative estimate of drug-likeness (QED) is 0.712. The van der Waals surface area contributed by atoms with Crippen molar-refractivity contribution < 1.29 is 0 Å². The summed E-state index contributed by atoms with van der Waals surface area (Å²) >= 11 is 0. The molecule has 0 unspecified atom stereocenters. The predicted octanol–water partition coefficient (Wildman–Crippen LogP) is 0.926. The number of benzene rings is 1. The van der Waals surface area contributed by atoms with Crippen molar-refractivity contribution in [1.82, 2.24) is 0 Å². The third kappa shape index (κ3) is 1.89. The first-order chi connectivity index (χ1) is 7.33. The van der Waals surface area contributed by atoms with Crippen molar-refractivity contribution in [2.24, 2.45) is 5.73 Å². The summed E-state index contributed by atoms with van der Waals surface area (Å²) in [5, 5.41) is 5.73. The van der Waals surface area contributed by atoms with Crippen LogP contribution in [0.3, 0.4) is 0 Å². The van der Waals surface area contributed by atoms with Gasteiger partial charge in [-0.05, 0) is 24.1 Å². The lowest BCUT2D eigenvalue weighted by atomic mass is 10.0. The Hall–Kier alpha value is -1.70. The van der Waals surface area contributed by atoms with E-state index in [0.29, 0.717) is 0 Å². The van der Waals surface area contributed by atoms with E-state index >= 15 is 0 Å². The first-order valence-corrected chi connectivity index (χ1v) is 5.25. The molecule has 1 aromatic carbocycles. The number of hydrogen-bond donors (Lipinski definition) is 2. The highest BCUT2D eigenvalue weighted by molar-refractivity contribution is 5.59. The van der Waals surface area contributed by atoms with Crippen LogP contribution in [0.5, 0.6) is 0 Å². The zero-order valence-corrected chi connectivity index (χ0v) is 8.79. The Kier molecular flexibility index (Phi) is 2.77. The Bertz CT molecular complexity index is 486. The van der Waals surface area contributed by atoms with E-state index in [2.05, 4.69) is 36.2 Å². The summed E-state index contributed by atoms with van der Waals surface area (Å²) in [5.74, 6) is 0. The van der Waals surface area contributed by atoms with E-state index in [-0.39, 0.29) is 0 Å². The Labute approximate surface area is 89.8 Å². The minimum absolute atomic E-state index is 0.768. The number of anilines is 1. The number of hydrogen-bond acceptors (Lipinski definition) is 2. The highest BCUT2D eigenvalue weighted by Gasteiger charge is 2.04. The van der Waals surface area contributed by atoms with Gasteiger partial charge in [0.05, 0.1) is 0 Å². The van der Waals surface area contributed by atoms with E-state index in [4.69, 9.17) is 5.73 Å². The molecular weight excluding hydrogens is 184 g/mol. The second kappa shape index (κ2) is 4.22. The van der Waals surface area contributed by atoms with Crippen molar-refractivity contribution in [1.29, 1.82) is 0 Å². The van der Waals surface area contributed by atoms with E-state index in [9.17, 15) is 0 Å². The van der Waals surface area contributed by atoms with Crippen molar-refractivity contribution in [2.45, 2.75) is 12.8 Å². The van der Waals surface area contributed by atoms with Gasteiger partial charge in [-0.2, -0.15) is 0 Å². The van der Waals surface area contributed by atoms with Crippen molar-refractivity contribution >= 4 is 17.5 Å². The summed E-state index contributed by atoms with van der Waals surface area (Å²) in [6.45, 7) is 4.47. The summed E-state index contributed by atoms with van der Waals surface area (Å²) in [6, 6.07) is 6.23. The van der Waals surface area contributed by atoms with Gasteiger partial charge in [0.2, 0.25) is 0 Å². The number of nitrogens with two attached hydrogens (primary N) is 1. The van der Waals surface area contributed by atoms with Crippen LogP contribution in [0.4, 0.5) is 5.69 Å². The van der Waals surface area contributed by atoms with E-state index in [1.807, 2.05) is 6.08 Å². The molecule has 0 bridgehead atoms. The molecule has 0 radical (unpaired) electrons. The van der Waals surface area contributed by atoms with Crippen molar-refractivity contribution in [2.75, 3.05) is 11.9 Å². The highest BCUT2D eigenvalue weighted by Crippen LogP contribution is 2.05. The van der Waals surface area contributed by atoms with E-state index in [0.717, 1.165) is 30.8 Å². The summed E-state index contributed by atoms with van der Waals surface area (Å²) in [7, 11) is 0. The van der Waals surface area contributed by atoms with Crippen molar-refractivity contribution in [3.05, 3.63) is 41.3 Å². The summed E-state index contributed by atoms with van der Waals surface area (Å²) in [6.07, 6.45) is 6.09. The molecule has 0 saturated heterocycles. The molecule has 0 amide bonds. The van der Waals surface area contributed by atoms with Crippen LogP contribution in [0.15, 0.2) is 30.9 Å². The van der Waals surface area contributed by atoms with Gasteiger partial charge < -0.3 is 11.1 Å². The van der Waals surface area contributed by atoms with Crippen LogP contribution in [0.2, 0.25) is 0 Å². The van der Waals surface area contributed by atoms with Gasteiger partial charge >= 0.3 is 0 Å². The van der Waals surface area contributed by atoms with Crippen LogP contribution >= 0.6 is 0 Å². The molecular formula is C13H16N2. The molecule has 1 aromatic rings. The topological polar surface area (TPSA) is 38.0 Å². The molecule has 0 heterocycles. The molecule has 3 N–H and O–H groups in total. The standard InChI is InChI=1S/C13H16N2/c1-2-9-15-12-8-4-6-10-5-3-7-11(14)13(10)12/h2,4-6,8,15H,1,3,7,9,14H2. The summed E-state index contributed by atoms with van der Waals surface area (Å²) < 4.78 is 0. The third-order valence-electron chi connectivity index (χ3n) is 2.63. The largest absolute Gasteiger partial charge is 0.401 e. The molecule has 2 nitrogen and oxygen atoms in total. The Balaban J connectivity index is 2.58. The van der Waals surface area contributed by atoms with Crippen LogP contribution in [-0.2, 0) is 0 Å². The smallest absolute Gasteiger partial charge is 0.0439 e. The minimum atomic E-state index is 0.768. The van der Waals surface area contributed by atoms with Crippen molar-refractivity contribution in [3.63, 3.8) is 0 Å². The molecule has 78 valence electrons. The van der Waals surface area contributed by atoms with Gasteiger partial charge in [-0.25, -0.2) is 0 Å². The van der Waals surface area contributed by atoms with E-state index < -0.39 is 0 Å². The monoisotopic (exact) mass is 200 g/mol. The van der Waals surface area contributed by atoms with Gasteiger partial charge in [-0.15, -0.1) is 6.58 Å². The third-order valence-corrected chi connectivity index (χ3v) is 2.63. The summed E-state index contributed by atoms with van der Waals surface area (Å²) in [4.78, 5) is 0. The lowest BCUT2D eigenvalue weighted by Crippen LogP contribution is -2.34. The van der Waals surface area contributed by atoms with Gasteiger partial charge in [-0.1, -0.05) is 24.3 Å². The molecule has 0 atom stereocenters. The molecule has 2 heteroatoms. The molecule has 1 aliphatic carbocycles. The van der Waals surface area contributed by atoms with Crippen LogP contribution < -0.4 is 21.5 Å². The highest BCUT2D eigenvalue weighted by atomic mass is 14.9. The maximum atomic E-state index is 6.05.